The molecule has 0 atom stereocenters. The minimum atomic E-state index is -2.14. The van der Waals surface area contributed by atoms with Gasteiger partial charge in [-0.2, -0.15) is 0 Å². The molecule has 0 aliphatic carbocycles. The van der Waals surface area contributed by atoms with E-state index in [1.54, 1.807) is 36.4 Å². The summed E-state index contributed by atoms with van der Waals surface area (Å²) in [5.41, 5.74) is 0.831. The van der Waals surface area contributed by atoms with Crippen molar-refractivity contribution in [3.05, 3.63) is 64.5 Å². The summed E-state index contributed by atoms with van der Waals surface area (Å²) in [5, 5.41) is 18.0. The van der Waals surface area contributed by atoms with Crippen LogP contribution >= 0.6 is 0 Å². The molecule has 0 bridgehead atoms. The van der Waals surface area contributed by atoms with Gasteiger partial charge in [0.25, 0.3) is 0 Å². The molecule has 12 heteroatoms. The zero-order valence-electron chi connectivity index (χ0n) is 17.7. The summed E-state index contributed by atoms with van der Waals surface area (Å²) in [6.07, 6.45) is 0. The smallest absolute Gasteiger partial charge is 0.336 e. The highest BCUT2D eigenvalue weighted by atomic mass is 16.4. The standard InChI is InChI=1S/C21H17B5N2O5/c22-20(23,32)16-4-2-1-3-13(16)15-10-19(31)33-17-9-12(5-6-14(15)17)28(21(24,25)26)11-18(30)27-7-8-29/h1-6,9-10,29,32H,7-8,11H2,(H,27,30). The molecular formula is C21H17B5N2O5. The predicted octanol–water partition coefficient (Wildman–Crippen LogP) is -1.07. The maximum Gasteiger partial charge on any atom is 0.336 e. The summed E-state index contributed by atoms with van der Waals surface area (Å²) in [6.45, 7) is -0.518. The number of benzene rings is 2. The number of hydrogen-bond acceptors (Lipinski definition) is 6. The van der Waals surface area contributed by atoms with Crippen molar-refractivity contribution in [1.82, 2.24) is 5.32 Å². The Kier molecular flexibility index (Phi) is 7.19. The Balaban J connectivity index is 2.14. The SMILES string of the molecule is [B]C([B])(O)c1ccccc1-c1cc(=O)oc2cc(N(CC(=O)NCCO)C([B])([B])[B])ccc12. The maximum absolute atomic E-state index is 12.3. The lowest BCUT2D eigenvalue weighted by molar-refractivity contribution is -0.119. The van der Waals surface area contributed by atoms with Gasteiger partial charge in [0.2, 0.25) is 5.91 Å². The Morgan fingerprint density at radius 1 is 1.03 bits per heavy atom. The Bertz CT molecular complexity index is 1220. The quantitative estimate of drug-likeness (QED) is 0.310. The van der Waals surface area contributed by atoms with Crippen molar-refractivity contribution in [3.63, 3.8) is 0 Å². The van der Waals surface area contributed by atoms with Gasteiger partial charge in [0.05, 0.1) is 36.7 Å². The van der Waals surface area contributed by atoms with Gasteiger partial charge in [0, 0.05) is 40.7 Å². The van der Waals surface area contributed by atoms with Gasteiger partial charge in [-0.3, -0.25) is 4.79 Å². The van der Waals surface area contributed by atoms with Crippen molar-refractivity contribution in [2.45, 2.75) is 10.6 Å². The first-order valence-corrected chi connectivity index (χ1v) is 9.91. The molecule has 0 aliphatic heterocycles. The highest BCUT2D eigenvalue weighted by Crippen LogP contribution is 2.35. The minimum Gasteiger partial charge on any atom is -0.423 e. The van der Waals surface area contributed by atoms with E-state index in [1.165, 1.54) is 17.0 Å². The Morgan fingerprint density at radius 2 is 1.73 bits per heavy atom. The summed E-state index contributed by atoms with van der Waals surface area (Å²) in [4.78, 5) is 25.7. The monoisotopic (exact) mass is 432 g/mol. The van der Waals surface area contributed by atoms with E-state index in [9.17, 15) is 14.7 Å². The lowest BCUT2D eigenvalue weighted by Crippen LogP contribution is -2.54. The molecule has 3 rings (SSSR count). The van der Waals surface area contributed by atoms with Crippen LogP contribution in [-0.2, 0) is 10.2 Å². The Labute approximate surface area is 197 Å². The van der Waals surface area contributed by atoms with Gasteiger partial charge >= 0.3 is 5.63 Å². The average Bonchev–Trinajstić information content (AvgIpc) is 2.73. The number of nitrogens with zero attached hydrogens (tertiary/aromatic N) is 1. The third-order valence-corrected chi connectivity index (χ3v) is 4.89. The van der Waals surface area contributed by atoms with Crippen LogP contribution < -0.4 is 15.8 Å². The summed E-state index contributed by atoms with van der Waals surface area (Å²) in [5.74, 6) is -0.482. The summed E-state index contributed by atoms with van der Waals surface area (Å²) in [6, 6.07) is 12.5. The zero-order valence-corrected chi connectivity index (χ0v) is 17.7. The highest BCUT2D eigenvalue weighted by Gasteiger charge is 2.25. The number of amides is 1. The van der Waals surface area contributed by atoms with Crippen LogP contribution in [-0.4, -0.2) is 80.3 Å². The third kappa shape index (κ3) is 5.75. The number of anilines is 1. The average molecular weight is 431 g/mol. The van der Waals surface area contributed by atoms with Gasteiger partial charge in [0.1, 0.15) is 21.3 Å². The van der Waals surface area contributed by atoms with E-state index in [2.05, 4.69) is 5.32 Å². The van der Waals surface area contributed by atoms with Crippen molar-refractivity contribution in [2.24, 2.45) is 0 Å². The Hall–Kier alpha value is -2.84. The van der Waals surface area contributed by atoms with Crippen molar-refractivity contribution in [3.8, 4) is 11.1 Å². The molecule has 33 heavy (non-hydrogen) atoms. The lowest BCUT2D eigenvalue weighted by Gasteiger charge is -2.39. The van der Waals surface area contributed by atoms with Crippen LogP contribution in [0.15, 0.2) is 57.7 Å². The number of rotatable bonds is 8. The van der Waals surface area contributed by atoms with Crippen molar-refractivity contribution < 1.29 is 19.4 Å². The van der Waals surface area contributed by atoms with Crippen LogP contribution in [0.5, 0.6) is 0 Å². The topological polar surface area (TPSA) is 103 Å². The Morgan fingerprint density at radius 3 is 2.36 bits per heavy atom. The molecule has 10 radical (unpaired) electrons. The van der Waals surface area contributed by atoms with E-state index in [4.69, 9.17) is 48.8 Å². The first-order chi connectivity index (χ1) is 15.4. The number of aliphatic hydroxyl groups is 2. The third-order valence-electron chi connectivity index (χ3n) is 4.89. The zero-order chi connectivity index (χ0) is 24.4. The van der Waals surface area contributed by atoms with E-state index < -0.39 is 22.2 Å². The fourth-order valence-corrected chi connectivity index (χ4v) is 3.46. The van der Waals surface area contributed by atoms with Gasteiger partial charge in [-0.15, -0.1) is 0 Å². The lowest BCUT2D eigenvalue weighted by atomic mass is 9.48. The molecular weight excluding hydrogens is 414 g/mol. The van der Waals surface area contributed by atoms with Crippen LogP contribution in [0.1, 0.15) is 5.56 Å². The second-order valence-electron chi connectivity index (χ2n) is 7.58. The maximum atomic E-state index is 12.3. The first-order valence-electron chi connectivity index (χ1n) is 9.91. The molecule has 0 saturated heterocycles. The number of carbonyl (C=O) groups is 1. The van der Waals surface area contributed by atoms with E-state index in [0.29, 0.717) is 22.2 Å². The van der Waals surface area contributed by atoms with Crippen LogP contribution in [0.3, 0.4) is 0 Å². The second-order valence-corrected chi connectivity index (χ2v) is 7.58. The number of hydrogen-bond donors (Lipinski definition) is 3. The summed E-state index contributed by atoms with van der Waals surface area (Å²) < 4.78 is 5.36. The molecule has 156 valence electrons. The van der Waals surface area contributed by atoms with Crippen LogP contribution in [0.25, 0.3) is 22.1 Å². The highest BCUT2D eigenvalue weighted by molar-refractivity contribution is 6.61. The normalized spacial score (nSPS) is 11.9. The molecule has 2 aromatic carbocycles. The van der Waals surface area contributed by atoms with E-state index >= 15 is 0 Å². The van der Waals surface area contributed by atoms with Crippen LogP contribution in [0, 0.1) is 0 Å². The largest absolute Gasteiger partial charge is 0.423 e. The summed E-state index contributed by atoms with van der Waals surface area (Å²) in [7, 11) is 29.0. The van der Waals surface area contributed by atoms with E-state index in [0.717, 1.165) is 0 Å². The number of nitrogens with one attached hydrogen (secondary N) is 1. The molecule has 1 heterocycles. The molecule has 7 nitrogen and oxygen atoms in total. The van der Waals surface area contributed by atoms with Gasteiger partial charge < -0.3 is 24.8 Å². The van der Waals surface area contributed by atoms with Crippen molar-refractivity contribution >= 4 is 61.8 Å². The fraction of sp³-hybridized carbons (Fsp3) is 0.238. The predicted molar refractivity (Wildman–Crippen MR) is 131 cm³/mol. The minimum absolute atomic E-state index is 0.0450. The number of carbonyl (C=O) groups excluding carboxylic acids is 1. The van der Waals surface area contributed by atoms with Crippen LogP contribution in [0.2, 0.25) is 0 Å². The molecule has 1 aromatic heterocycles. The molecule has 3 N–H and O–H groups in total. The fourth-order valence-electron chi connectivity index (χ4n) is 3.46. The van der Waals surface area contributed by atoms with Crippen molar-refractivity contribution in [2.75, 3.05) is 24.6 Å². The van der Waals surface area contributed by atoms with Gasteiger partial charge in [-0.1, -0.05) is 29.5 Å². The van der Waals surface area contributed by atoms with E-state index in [-0.39, 0.29) is 30.8 Å². The van der Waals surface area contributed by atoms with Gasteiger partial charge in [0.15, 0.2) is 0 Å². The molecule has 0 spiro atoms. The molecule has 0 aliphatic rings. The second kappa shape index (κ2) is 9.57. The molecule has 0 fully saturated rings. The van der Waals surface area contributed by atoms with Gasteiger partial charge in [-0.05, 0) is 23.3 Å². The van der Waals surface area contributed by atoms with Gasteiger partial charge in [-0.25, -0.2) is 4.79 Å². The summed E-state index contributed by atoms with van der Waals surface area (Å²) >= 11 is 0. The molecule has 3 aromatic rings. The molecule has 1 amide bonds. The van der Waals surface area contributed by atoms with Crippen LogP contribution in [0.4, 0.5) is 5.69 Å². The first kappa shape index (κ1) is 24.8. The van der Waals surface area contributed by atoms with Crippen molar-refractivity contribution in [1.29, 1.82) is 0 Å². The molecule has 0 unspecified atom stereocenters. The number of aliphatic hydroxyl groups excluding tert-OH is 1. The number of fused-ring (bicyclic) bond motifs is 1. The van der Waals surface area contributed by atoms with E-state index in [1.807, 2.05) is 0 Å². The molecule has 0 saturated carbocycles.